The van der Waals surface area contributed by atoms with Gasteiger partial charge in [0.15, 0.2) is 0 Å². The van der Waals surface area contributed by atoms with Crippen LogP contribution in [0.3, 0.4) is 0 Å². The second-order valence-electron chi connectivity index (χ2n) is 4.21. The summed E-state index contributed by atoms with van der Waals surface area (Å²) >= 11 is 1.92. The zero-order chi connectivity index (χ0) is 11.8. The maximum atomic E-state index is 3.54. The van der Waals surface area contributed by atoms with Crippen LogP contribution in [0.5, 0.6) is 0 Å². The molecule has 0 fully saturated rings. The molecule has 2 N–H and O–H groups in total. The number of aryl methyl sites for hydroxylation is 1. The summed E-state index contributed by atoms with van der Waals surface area (Å²) in [6.07, 6.45) is 2.36. The molecule has 1 aromatic heterocycles. The first-order valence-corrected chi connectivity index (χ1v) is 7.09. The van der Waals surface area contributed by atoms with Crippen molar-refractivity contribution in [2.24, 2.45) is 0 Å². The summed E-state index contributed by atoms with van der Waals surface area (Å²) in [5.41, 5.74) is 0. The zero-order valence-electron chi connectivity index (χ0n) is 10.7. The second kappa shape index (κ2) is 7.82. The van der Waals surface area contributed by atoms with Gasteiger partial charge in [-0.3, -0.25) is 0 Å². The lowest BCUT2D eigenvalue weighted by molar-refractivity contribution is 0.503. The summed E-state index contributed by atoms with van der Waals surface area (Å²) in [6, 6.07) is 5.02. The molecule has 0 aromatic carbocycles. The van der Waals surface area contributed by atoms with Gasteiger partial charge in [-0.05, 0) is 38.4 Å². The Morgan fingerprint density at radius 3 is 2.62 bits per heavy atom. The number of rotatable bonds is 8. The fraction of sp³-hybridized carbons (Fsp3) is 0.692. The first kappa shape index (κ1) is 13.7. The number of nitrogens with one attached hydrogen (secondary N) is 2. The molecule has 1 heterocycles. The average molecular weight is 240 g/mol. The van der Waals surface area contributed by atoms with Gasteiger partial charge < -0.3 is 10.6 Å². The molecule has 1 aromatic rings. The lowest BCUT2D eigenvalue weighted by atomic mass is 10.3. The summed E-state index contributed by atoms with van der Waals surface area (Å²) in [5.74, 6) is 0. The maximum Gasteiger partial charge on any atom is 0.0302 e. The summed E-state index contributed by atoms with van der Waals surface area (Å²) in [6.45, 7) is 9.81. The minimum atomic E-state index is 0.540. The largest absolute Gasteiger partial charge is 0.315 e. The van der Waals surface area contributed by atoms with Crippen molar-refractivity contribution in [2.75, 3.05) is 13.1 Å². The van der Waals surface area contributed by atoms with E-state index in [0.29, 0.717) is 6.04 Å². The van der Waals surface area contributed by atoms with E-state index < -0.39 is 0 Å². The SMILES string of the molecule is CCCNCC(C)NCc1ccc(CC)s1. The Bertz CT molecular complexity index is 283. The van der Waals surface area contributed by atoms with Crippen LogP contribution in [0.25, 0.3) is 0 Å². The first-order valence-electron chi connectivity index (χ1n) is 6.28. The Labute approximate surface area is 103 Å². The van der Waals surface area contributed by atoms with Crippen molar-refractivity contribution in [3.05, 3.63) is 21.9 Å². The fourth-order valence-electron chi connectivity index (χ4n) is 1.55. The average Bonchev–Trinajstić information content (AvgIpc) is 2.74. The van der Waals surface area contributed by atoms with E-state index in [1.54, 1.807) is 0 Å². The highest BCUT2D eigenvalue weighted by Gasteiger charge is 2.02. The van der Waals surface area contributed by atoms with Gasteiger partial charge in [0.25, 0.3) is 0 Å². The van der Waals surface area contributed by atoms with Gasteiger partial charge in [-0.2, -0.15) is 0 Å². The Morgan fingerprint density at radius 2 is 2.00 bits per heavy atom. The van der Waals surface area contributed by atoms with E-state index in [1.807, 2.05) is 11.3 Å². The van der Waals surface area contributed by atoms with Crippen LogP contribution in [0.4, 0.5) is 0 Å². The van der Waals surface area contributed by atoms with E-state index in [1.165, 1.54) is 16.2 Å². The predicted molar refractivity (Wildman–Crippen MR) is 73.2 cm³/mol. The number of thiophene rings is 1. The molecule has 1 unspecified atom stereocenters. The van der Waals surface area contributed by atoms with E-state index in [0.717, 1.165) is 26.1 Å². The molecule has 0 amide bonds. The molecule has 2 nitrogen and oxygen atoms in total. The molecule has 0 bridgehead atoms. The third-order valence-electron chi connectivity index (χ3n) is 2.57. The van der Waals surface area contributed by atoms with Crippen LogP contribution in [-0.2, 0) is 13.0 Å². The van der Waals surface area contributed by atoms with Gasteiger partial charge in [0.1, 0.15) is 0 Å². The van der Waals surface area contributed by atoms with Crippen molar-refractivity contribution >= 4 is 11.3 Å². The van der Waals surface area contributed by atoms with Gasteiger partial charge in [0.2, 0.25) is 0 Å². The molecule has 16 heavy (non-hydrogen) atoms. The van der Waals surface area contributed by atoms with Crippen molar-refractivity contribution in [2.45, 2.75) is 46.2 Å². The molecule has 1 rings (SSSR count). The number of hydrogen-bond acceptors (Lipinski definition) is 3. The summed E-state index contributed by atoms with van der Waals surface area (Å²) < 4.78 is 0. The molecular formula is C13H24N2S. The van der Waals surface area contributed by atoms with Crippen LogP contribution in [-0.4, -0.2) is 19.1 Å². The molecule has 0 aliphatic rings. The van der Waals surface area contributed by atoms with Crippen molar-refractivity contribution in [3.63, 3.8) is 0 Å². The van der Waals surface area contributed by atoms with Crippen LogP contribution in [0.1, 0.15) is 36.9 Å². The van der Waals surface area contributed by atoms with Crippen LogP contribution >= 0.6 is 11.3 Å². The quantitative estimate of drug-likeness (QED) is 0.683. The van der Waals surface area contributed by atoms with Crippen LogP contribution in [0, 0.1) is 0 Å². The molecule has 3 heteroatoms. The third-order valence-corrected chi connectivity index (χ3v) is 3.80. The van der Waals surface area contributed by atoms with E-state index >= 15 is 0 Å². The first-order chi connectivity index (χ1) is 7.76. The highest BCUT2D eigenvalue weighted by Crippen LogP contribution is 2.16. The molecule has 0 saturated carbocycles. The van der Waals surface area contributed by atoms with Crippen LogP contribution < -0.4 is 10.6 Å². The molecular weight excluding hydrogens is 216 g/mol. The molecule has 0 spiro atoms. The molecule has 92 valence electrons. The van der Waals surface area contributed by atoms with Gasteiger partial charge in [-0.15, -0.1) is 11.3 Å². The minimum Gasteiger partial charge on any atom is -0.315 e. The van der Waals surface area contributed by atoms with E-state index in [-0.39, 0.29) is 0 Å². The smallest absolute Gasteiger partial charge is 0.0302 e. The molecule has 0 radical (unpaired) electrons. The lowest BCUT2D eigenvalue weighted by Gasteiger charge is -2.13. The van der Waals surface area contributed by atoms with Crippen molar-refractivity contribution in [1.29, 1.82) is 0 Å². The predicted octanol–water partition coefficient (Wildman–Crippen LogP) is 2.79. The summed E-state index contributed by atoms with van der Waals surface area (Å²) in [4.78, 5) is 2.92. The molecule has 1 atom stereocenters. The zero-order valence-corrected chi connectivity index (χ0v) is 11.5. The van der Waals surface area contributed by atoms with Crippen molar-refractivity contribution < 1.29 is 0 Å². The Balaban J connectivity index is 2.18. The van der Waals surface area contributed by atoms with Gasteiger partial charge in [0, 0.05) is 28.9 Å². The fourth-order valence-corrected chi connectivity index (χ4v) is 2.46. The molecule has 0 aliphatic heterocycles. The second-order valence-corrected chi connectivity index (χ2v) is 5.46. The topological polar surface area (TPSA) is 24.1 Å². The highest BCUT2D eigenvalue weighted by atomic mass is 32.1. The monoisotopic (exact) mass is 240 g/mol. The maximum absolute atomic E-state index is 3.54. The minimum absolute atomic E-state index is 0.540. The van der Waals surface area contributed by atoms with Crippen LogP contribution in [0.15, 0.2) is 12.1 Å². The van der Waals surface area contributed by atoms with Crippen molar-refractivity contribution in [1.82, 2.24) is 10.6 Å². The number of hydrogen-bond donors (Lipinski definition) is 2. The van der Waals surface area contributed by atoms with E-state index in [2.05, 4.69) is 43.5 Å². The van der Waals surface area contributed by atoms with Gasteiger partial charge in [-0.1, -0.05) is 13.8 Å². The summed E-state index contributed by atoms with van der Waals surface area (Å²) in [5, 5.41) is 6.97. The van der Waals surface area contributed by atoms with E-state index in [4.69, 9.17) is 0 Å². The van der Waals surface area contributed by atoms with E-state index in [9.17, 15) is 0 Å². The lowest BCUT2D eigenvalue weighted by Crippen LogP contribution is -2.36. The standard InChI is InChI=1S/C13H24N2S/c1-4-8-14-9-11(3)15-10-13-7-6-12(5-2)16-13/h6-7,11,14-15H,4-5,8-10H2,1-3H3. The highest BCUT2D eigenvalue weighted by molar-refractivity contribution is 7.11. The Hall–Kier alpha value is -0.380. The molecule has 0 aliphatic carbocycles. The normalized spacial score (nSPS) is 12.9. The van der Waals surface area contributed by atoms with Crippen molar-refractivity contribution in [3.8, 4) is 0 Å². The van der Waals surface area contributed by atoms with Gasteiger partial charge in [-0.25, -0.2) is 0 Å². The molecule has 0 saturated heterocycles. The Morgan fingerprint density at radius 1 is 1.25 bits per heavy atom. The van der Waals surface area contributed by atoms with Crippen LogP contribution in [0.2, 0.25) is 0 Å². The Kier molecular flexibility index (Phi) is 6.69. The summed E-state index contributed by atoms with van der Waals surface area (Å²) in [7, 11) is 0. The van der Waals surface area contributed by atoms with Gasteiger partial charge in [0.05, 0.1) is 0 Å². The third kappa shape index (κ3) is 5.10. The van der Waals surface area contributed by atoms with Gasteiger partial charge >= 0.3 is 0 Å².